The summed E-state index contributed by atoms with van der Waals surface area (Å²) in [5.74, 6) is 0.248. The van der Waals surface area contributed by atoms with Crippen LogP contribution in [-0.4, -0.2) is 16.5 Å². The predicted molar refractivity (Wildman–Crippen MR) is 71.6 cm³/mol. The number of carbonyl (C=O) groups is 1. The highest BCUT2D eigenvalue weighted by molar-refractivity contribution is 6.06. The second-order valence-corrected chi connectivity index (χ2v) is 4.80. The summed E-state index contributed by atoms with van der Waals surface area (Å²) in [6.45, 7) is 8.89. The Morgan fingerprint density at radius 1 is 1.61 bits per heavy atom. The van der Waals surface area contributed by atoms with E-state index in [1.807, 2.05) is 13.0 Å². The lowest BCUT2D eigenvalue weighted by Gasteiger charge is -2.16. The maximum Gasteiger partial charge on any atom is 0.223 e. The lowest BCUT2D eigenvalue weighted by Crippen LogP contribution is -2.19. The summed E-state index contributed by atoms with van der Waals surface area (Å²) in [6, 6.07) is 1.72. The Bertz CT molecular complexity index is 464. The third kappa shape index (κ3) is 4.00. The van der Waals surface area contributed by atoms with Crippen molar-refractivity contribution in [2.24, 2.45) is 0 Å². The van der Waals surface area contributed by atoms with Crippen LogP contribution in [0.3, 0.4) is 0 Å². The van der Waals surface area contributed by atoms with E-state index in [-0.39, 0.29) is 5.78 Å². The van der Waals surface area contributed by atoms with Crippen molar-refractivity contribution in [2.45, 2.75) is 39.2 Å². The summed E-state index contributed by atoms with van der Waals surface area (Å²) < 4.78 is 5.16. The molecule has 0 radical (unpaired) electrons. The van der Waals surface area contributed by atoms with E-state index in [0.717, 1.165) is 5.56 Å². The van der Waals surface area contributed by atoms with Gasteiger partial charge >= 0.3 is 0 Å². The van der Waals surface area contributed by atoms with Gasteiger partial charge in [0, 0.05) is 0 Å². The Kier molecular flexibility index (Phi) is 4.68. The summed E-state index contributed by atoms with van der Waals surface area (Å²) in [4.78, 5) is 11.9. The Labute approximate surface area is 108 Å². The van der Waals surface area contributed by atoms with Crippen molar-refractivity contribution in [3.63, 3.8) is 0 Å². The molecule has 1 aromatic heterocycles. The van der Waals surface area contributed by atoms with E-state index in [1.165, 1.54) is 6.08 Å². The fourth-order valence-corrected chi connectivity index (χ4v) is 1.52. The van der Waals surface area contributed by atoms with Gasteiger partial charge < -0.3 is 9.52 Å². The molecule has 0 saturated carbocycles. The molecular weight excluding hydrogens is 228 g/mol. The molecule has 98 valence electrons. The zero-order chi connectivity index (χ0) is 13.8. The van der Waals surface area contributed by atoms with Gasteiger partial charge in [-0.3, -0.25) is 4.79 Å². The number of rotatable bonds is 6. The van der Waals surface area contributed by atoms with Gasteiger partial charge in [0.2, 0.25) is 5.78 Å². The molecule has 3 heteroatoms. The number of hydrogen-bond donors (Lipinski definition) is 1. The van der Waals surface area contributed by atoms with Crippen molar-refractivity contribution in [2.75, 3.05) is 0 Å². The summed E-state index contributed by atoms with van der Waals surface area (Å²) in [6.07, 6.45) is 6.05. The smallest absolute Gasteiger partial charge is 0.223 e. The Balaban J connectivity index is 2.62. The summed E-state index contributed by atoms with van der Waals surface area (Å²) in [5, 5.41) is 9.74. The fraction of sp³-hybridized carbons (Fsp3) is 0.400. The maximum absolute atomic E-state index is 11.9. The molecule has 0 aliphatic heterocycles. The molecule has 1 aromatic rings. The topological polar surface area (TPSA) is 50.4 Å². The van der Waals surface area contributed by atoms with E-state index in [1.54, 1.807) is 26.2 Å². The number of allylic oxidation sites excluding steroid dienone is 2. The first-order valence-electron chi connectivity index (χ1n) is 5.98. The second-order valence-electron chi connectivity index (χ2n) is 4.80. The van der Waals surface area contributed by atoms with E-state index in [2.05, 4.69) is 6.58 Å². The van der Waals surface area contributed by atoms with Crippen LogP contribution in [0.1, 0.15) is 42.8 Å². The SMILES string of the molecule is C=C[C@@](C)(O)CCC=C(C)C(=O)c1cc(C)co1. The first-order chi connectivity index (χ1) is 8.35. The normalized spacial score (nSPS) is 15.2. The van der Waals surface area contributed by atoms with Crippen LogP contribution in [0, 0.1) is 6.92 Å². The molecule has 0 fully saturated rings. The van der Waals surface area contributed by atoms with Crippen LogP contribution in [0.15, 0.2) is 41.1 Å². The van der Waals surface area contributed by atoms with Gasteiger partial charge in [-0.25, -0.2) is 0 Å². The molecule has 0 unspecified atom stereocenters. The first-order valence-corrected chi connectivity index (χ1v) is 5.98. The molecule has 0 bridgehead atoms. The van der Waals surface area contributed by atoms with Crippen molar-refractivity contribution in [1.82, 2.24) is 0 Å². The van der Waals surface area contributed by atoms with Crippen LogP contribution in [-0.2, 0) is 0 Å². The van der Waals surface area contributed by atoms with Gasteiger partial charge in [-0.1, -0.05) is 12.2 Å². The number of aliphatic hydroxyl groups is 1. The Hall–Kier alpha value is -1.61. The minimum absolute atomic E-state index is 0.110. The first kappa shape index (κ1) is 14.5. The van der Waals surface area contributed by atoms with Gasteiger partial charge in [-0.05, 0) is 50.8 Å². The van der Waals surface area contributed by atoms with Gasteiger partial charge in [0.25, 0.3) is 0 Å². The van der Waals surface area contributed by atoms with Crippen LogP contribution in [0.4, 0.5) is 0 Å². The average molecular weight is 248 g/mol. The molecule has 0 amide bonds. The zero-order valence-electron chi connectivity index (χ0n) is 11.2. The quantitative estimate of drug-likeness (QED) is 0.476. The van der Waals surface area contributed by atoms with Gasteiger partial charge in [0.15, 0.2) is 5.76 Å². The molecule has 1 rings (SSSR count). The van der Waals surface area contributed by atoms with E-state index in [0.29, 0.717) is 24.2 Å². The molecule has 0 aromatic carbocycles. The number of furan rings is 1. The monoisotopic (exact) mass is 248 g/mol. The van der Waals surface area contributed by atoms with Gasteiger partial charge in [0.05, 0.1) is 11.9 Å². The van der Waals surface area contributed by atoms with Crippen molar-refractivity contribution in [3.8, 4) is 0 Å². The van der Waals surface area contributed by atoms with Crippen molar-refractivity contribution < 1.29 is 14.3 Å². The fourth-order valence-electron chi connectivity index (χ4n) is 1.52. The minimum atomic E-state index is -0.888. The number of carbonyl (C=O) groups excluding carboxylic acids is 1. The van der Waals surface area contributed by atoms with Crippen molar-refractivity contribution in [3.05, 3.63) is 48.0 Å². The highest BCUT2D eigenvalue weighted by atomic mass is 16.3. The number of hydrogen-bond acceptors (Lipinski definition) is 3. The minimum Gasteiger partial charge on any atom is -0.461 e. The lowest BCUT2D eigenvalue weighted by atomic mass is 9.99. The number of Topliss-reactive ketones (excluding diaryl/α,β-unsaturated/α-hetero) is 1. The van der Waals surface area contributed by atoms with Crippen molar-refractivity contribution in [1.29, 1.82) is 0 Å². The molecule has 3 nitrogen and oxygen atoms in total. The van der Waals surface area contributed by atoms with Gasteiger partial charge in [-0.15, -0.1) is 6.58 Å². The van der Waals surface area contributed by atoms with Crippen LogP contribution in [0.2, 0.25) is 0 Å². The van der Waals surface area contributed by atoms with E-state index in [9.17, 15) is 9.90 Å². The molecule has 1 heterocycles. The van der Waals surface area contributed by atoms with E-state index in [4.69, 9.17) is 4.42 Å². The van der Waals surface area contributed by atoms with E-state index < -0.39 is 5.60 Å². The Morgan fingerprint density at radius 3 is 2.78 bits per heavy atom. The predicted octanol–water partition coefficient (Wildman–Crippen LogP) is 3.43. The molecule has 0 aliphatic carbocycles. The van der Waals surface area contributed by atoms with E-state index >= 15 is 0 Å². The average Bonchev–Trinajstić information content (AvgIpc) is 2.74. The molecule has 0 spiro atoms. The number of aryl methyl sites for hydroxylation is 1. The highest BCUT2D eigenvalue weighted by Crippen LogP contribution is 2.16. The third-order valence-corrected chi connectivity index (χ3v) is 2.85. The van der Waals surface area contributed by atoms with Crippen molar-refractivity contribution >= 4 is 5.78 Å². The van der Waals surface area contributed by atoms with Crippen LogP contribution in [0.5, 0.6) is 0 Å². The molecule has 0 aliphatic rings. The zero-order valence-corrected chi connectivity index (χ0v) is 11.2. The molecule has 18 heavy (non-hydrogen) atoms. The van der Waals surface area contributed by atoms with Gasteiger partial charge in [-0.2, -0.15) is 0 Å². The molecular formula is C15H20O3. The third-order valence-electron chi connectivity index (χ3n) is 2.85. The highest BCUT2D eigenvalue weighted by Gasteiger charge is 2.15. The standard InChI is InChI=1S/C15H20O3/c1-5-15(4,17)8-6-7-12(3)14(16)13-9-11(2)10-18-13/h5,7,9-10,17H,1,6,8H2,2-4H3/t15-/m1/s1. The number of ketones is 1. The van der Waals surface area contributed by atoms with Crippen LogP contribution >= 0.6 is 0 Å². The largest absolute Gasteiger partial charge is 0.461 e. The summed E-state index contributed by atoms with van der Waals surface area (Å²) in [7, 11) is 0. The Morgan fingerprint density at radius 2 is 2.28 bits per heavy atom. The summed E-state index contributed by atoms with van der Waals surface area (Å²) >= 11 is 0. The van der Waals surface area contributed by atoms with Crippen LogP contribution in [0.25, 0.3) is 0 Å². The van der Waals surface area contributed by atoms with Gasteiger partial charge in [0.1, 0.15) is 0 Å². The molecule has 0 saturated heterocycles. The second kappa shape index (κ2) is 5.83. The molecule has 1 atom stereocenters. The maximum atomic E-state index is 11.9. The lowest BCUT2D eigenvalue weighted by molar-refractivity contribution is 0.0992. The van der Waals surface area contributed by atoms with Crippen LogP contribution < -0.4 is 0 Å². The molecule has 1 N–H and O–H groups in total. The summed E-state index contributed by atoms with van der Waals surface area (Å²) in [5.41, 5.74) is 0.672.